The summed E-state index contributed by atoms with van der Waals surface area (Å²) in [6, 6.07) is 2.06. The summed E-state index contributed by atoms with van der Waals surface area (Å²) in [6.45, 7) is 4.10. The lowest BCUT2D eigenvalue weighted by Crippen LogP contribution is -2.39. The topological polar surface area (TPSA) is 85.5 Å². The second kappa shape index (κ2) is 7.53. The average Bonchev–Trinajstić information content (AvgIpc) is 3.32. The van der Waals surface area contributed by atoms with E-state index in [9.17, 15) is 0 Å². The molecule has 1 aliphatic carbocycles. The van der Waals surface area contributed by atoms with Crippen molar-refractivity contribution in [2.75, 3.05) is 44.3 Å². The Labute approximate surface area is 125 Å². The molecule has 7 heteroatoms. The molecule has 3 N–H and O–H groups in total. The van der Waals surface area contributed by atoms with Gasteiger partial charge in [0, 0.05) is 32.7 Å². The van der Waals surface area contributed by atoms with E-state index in [-0.39, 0.29) is 6.04 Å². The van der Waals surface area contributed by atoms with Crippen LogP contribution in [0.15, 0.2) is 6.07 Å². The van der Waals surface area contributed by atoms with Crippen molar-refractivity contribution < 1.29 is 9.47 Å². The van der Waals surface area contributed by atoms with Crippen LogP contribution >= 0.6 is 0 Å². The molecule has 1 fully saturated rings. The Hall–Kier alpha value is -1.44. The van der Waals surface area contributed by atoms with Crippen LogP contribution in [0, 0.1) is 0 Å². The number of hydrogen-bond acceptors (Lipinski definition) is 7. The maximum absolute atomic E-state index is 5.54. The minimum absolute atomic E-state index is 0.192. The average molecular weight is 295 g/mol. The summed E-state index contributed by atoms with van der Waals surface area (Å²) < 4.78 is 10.5. The van der Waals surface area contributed by atoms with Gasteiger partial charge in [-0.15, -0.1) is 0 Å². The van der Waals surface area contributed by atoms with Crippen LogP contribution in [-0.2, 0) is 9.47 Å². The molecule has 1 atom stereocenters. The summed E-state index contributed by atoms with van der Waals surface area (Å²) in [5.41, 5.74) is 2.63. The van der Waals surface area contributed by atoms with E-state index in [1.807, 2.05) is 6.07 Å². The molecule has 1 saturated carbocycles. The fraction of sp³-hybridized carbons (Fsp3) is 0.714. The van der Waals surface area contributed by atoms with Gasteiger partial charge in [0.05, 0.1) is 19.3 Å². The Balaban J connectivity index is 2.25. The number of anilines is 2. The van der Waals surface area contributed by atoms with Crippen LogP contribution in [0.2, 0.25) is 0 Å². The third-order valence-corrected chi connectivity index (χ3v) is 3.59. The molecule has 0 aromatic carbocycles. The predicted molar refractivity (Wildman–Crippen MR) is 82.4 cm³/mol. The molecular weight excluding hydrogens is 270 g/mol. The van der Waals surface area contributed by atoms with Crippen molar-refractivity contribution in [3.8, 4) is 0 Å². The molecular formula is C14H25N5O2. The van der Waals surface area contributed by atoms with Gasteiger partial charge in [0.1, 0.15) is 17.5 Å². The number of aromatic nitrogens is 2. The first-order valence-corrected chi connectivity index (χ1v) is 7.29. The van der Waals surface area contributed by atoms with E-state index in [0.717, 1.165) is 31.0 Å². The Morgan fingerprint density at radius 1 is 1.38 bits per heavy atom. The van der Waals surface area contributed by atoms with Gasteiger partial charge in [-0.05, 0) is 19.8 Å². The second-order valence-electron chi connectivity index (χ2n) is 5.38. The number of nitrogens with one attached hydrogen (secondary N) is 1. The van der Waals surface area contributed by atoms with Gasteiger partial charge >= 0.3 is 0 Å². The van der Waals surface area contributed by atoms with Crippen LogP contribution in [-0.4, -0.2) is 50.0 Å². The number of hydrogen-bond donors (Lipinski definition) is 2. The molecule has 1 heterocycles. The van der Waals surface area contributed by atoms with Gasteiger partial charge in [-0.2, -0.15) is 0 Å². The summed E-state index contributed by atoms with van der Waals surface area (Å²) in [5, 5.41) is 0. The fourth-order valence-corrected chi connectivity index (χ4v) is 2.28. The fourth-order valence-electron chi connectivity index (χ4n) is 2.28. The second-order valence-corrected chi connectivity index (χ2v) is 5.38. The van der Waals surface area contributed by atoms with Gasteiger partial charge in [-0.25, -0.2) is 15.8 Å². The summed E-state index contributed by atoms with van der Waals surface area (Å²) in [6.07, 6.45) is 2.30. The van der Waals surface area contributed by atoms with E-state index < -0.39 is 0 Å². The molecule has 1 aliphatic rings. The summed E-state index contributed by atoms with van der Waals surface area (Å²) >= 11 is 0. The molecule has 0 radical (unpaired) electrons. The van der Waals surface area contributed by atoms with Crippen LogP contribution in [0.3, 0.4) is 0 Å². The first-order chi connectivity index (χ1) is 10.2. The number of rotatable bonds is 9. The maximum atomic E-state index is 5.54. The van der Waals surface area contributed by atoms with Gasteiger partial charge in [0.2, 0.25) is 0 Å². The predicted octanol–water partition coefficient (Wildman–Crippen LogP) is 1.13. The Morgan fingerprint density at radius 3 is 2.71 bits per heavy atom. The Bertz CT molecular complexity index is 453. The van der Waals surface area contributed by atoms with Crippen molar-refractivity contribution in [3.05, 3.63) is 11.9 Å². The van der Waals surface area contributed by atoms with Crippen LogP contribution in [0.5, 0.6) is 0 Å². The summed E-state index contributed by atoms with van der Waals surface area (Å²) in [5.74, 6) is 8.38. The van der Waals surface area contributed by atoms with E-state index in [2.05, 4.69) is 22.2 Å². The zero-order valence-electron chi connectivity index (χ0n) is 13.0. The number of nitrogens with zero attached hydrogens (tertiary/aromatic N) is 3. The SMILES string of the molecule is COCCN(c1cc(NN)nc(C2CC2)n1)C(C)COC. The molecule has 1 aromatic heterocycles. The van der Waals surface area contributed by atoms with Gasteiger partial charge in [0.25, 0.3) is 0 Å². The third-order valence-electron chi connectivity index (χ3n) is 3.59. The molecule has 7 nitrogen and oxygen atoms in total. The highest BCUT2D eigenvalue weighted by Gasteiger charge is 2.28. The van der Waals surface area contributed by atoms with E-state index in [4.69, 9.17) is 20.3 Å². The van der Waals surface area contributed by atoms with Crippen LogP contribution in [0.4, 0.5) is 11.6 Å². The van der Waals surface area contributed by atoms with Crippen LogP contribution < -0.4 is 16.2 Å². The molecule has 0 saturated heterocycles. The lowest BCUT2D eigenvalue weighted by Gasteiger charge is -2.30. The van der Waals surface area contributed by atoms with Crippen LogP contribution in [0.1, 0.15) is 31.5 Å². The van der Waals surface area contributed by atoms with Crippen molar-refractivity contribution in [1.29, 1.82) is 0 Å². The highest BCUT2D eigenvalue weighted by molar-refractivity contribution is 5.50. The largest absolute Gasteiger partial charge is 0.383 e. The van der Waals surface area contributed by atoms with E-state index in [1.165, 1.54) is 0 Å². The number of nitrogen functional groups attached to an aromatic ring is 1. The zero-order valence-corrected chi connectivity index (χ0v) is 13.0. The zero-order chi connectivity index (χ0) is 15.2. The van der Waals surface area contributed by atoms with Gasteiger partial charge in [-0.1, -0.05) is 0 Å². The number of nitrogens with two attached hydrogens (primary N) is 1. The van der Waals surface area contributed by atoms with Crippen molar-refractivity contribution in [1.82, 2.24) is 9.97 Å². The number of methoxy groups -OCH3 is 2. The first kappa shape index (κ1) is 15.9. The summed E-state index contributed by atoms with van der Waals surface area (Å²) in [4.78, 5) is 11.3. The van der Waals surface area contributed by atoms with Crippen molar-refractivity contribution in [3.63, 3.8) is 0 Å². The van der Waals surface area contributed by atoms with E-state index >= 15 is 0 Å². The van der Waals surface area contributed by atoms with Crippen molar-refractivity contribution in [2.24, 2.45) is 5.84 Å². The molecule has 2 rings (SSSR count). The number of hydrazine groups is 1. The number of ether oxygens (including phenoxy) is 2. The molecule has 118 valence electrons. The lowest BCUT2D eigenvalue weighted by molar-refractivity contribution is 0.170. The van der Waals surface area contributed by atoms with Crippen molar-refractivity contribution in [2.45, 2.75) is 31.7 Å². The monoisotopic (exact) mass is 295 g/mol. The Kier molecular flexibility index (Phi) is 5.72. The summed E-state index contributed by atoms with van der Waals surface area (Å²) in [7, 11) is 3.40. The third kappa shape index (κ3) is 4.26. The lowest BCUT2D eigenvalue weighted by atomic mass is 10.2. The molecule has 0 amide bonds. The standard InChI is InChI=1S/C14H25N5O2/c1-10(9-21-3)19(6-7-20-2)13-8-12(18-15)16-14(17-13)11-4-5-11/h8,10-11H,4-7,9,15H2,1-3H3,(H,16,17,18). The molecule has 1 unspecified atom stereocenters. The molecule has 0 bridgehead atoms. The molecule has 0 aliphatic heterocycles. The highest BCUT2D eigenvalue weighted by Crippen LogP contribution is 2.39. The smallest absolute Gasteiger partial charge is 0.145 e. The van der Waals surface area contributed by atoms with Gasteiger partial charge in [0.15, 0.2) is 0 Å². The van der Waals surface area contributed by atoms with Gasteiger partial charge < -0.3 is 19.8 Å². The van der Waals surface area contributed by atoms with Crippen LogP contribution in [0.25, 0.3) is 0 Å². The molecule has 1 aromatic rings. The minimum Gasteiger partial charge on any atom is -0.383 e. The normalized spacial score (nSPS) is 15.8. The maximum Gasteiger partial charge on any atom is 0.145 e. The van der Waals surface area contributed by atoms with E-state index in [0.29, 0.717) is 24.9 Å². The van der Waals surface area contributed by atoms with Crippen molar-refractivity contribution >= 4 is 11.6 Å². The quantitative estimate of drug-likeness (QED) is 0.521. The molecule has 0 spiro atoms. The van der Waals surface area contributed by atoms with Gasteiger partial charge in [-0.3, -0.25) is 0 Å². The van der Waals surface area contributed by atoms with E-state index in [1.54, 1.807) is 14.2 Å². The minimum atomic E-state index is 0.192. The Morgan fingerprint density at radius 2 is 2.14 bits per heavy atom. The highest BCUT2D eigenvalue weighted by atomic mass is 16.5. The first-order valence-electron chi connectivity index (χ1n) is 7.29. The molecule has 21 heavy (non-hydrogen) atoms.